The van der Waals surface area contributed by atoms with Crippen molar-refractivity contribution in [3.63, 3.8) is 0 Å². The third kappa shape index (κ3) is 2.02. The molecule has 1 N–H and O–H groups in total. The van der Waals surface area contributed by atoms with E-state index in [0.29, 0.717) is 11.0 Å². The van der Waals surface area contributed by atoms with Gasteiger partial charge in [-0.3, -0.25) is 0 Å². The topological polar surface area (TPSA) is 15.3 Å². The molecule has 0 aromatic carbocycles. The predicted octanol–water partition coefficient (Wildman–Crippen LogP) is 2.39. The summed E-state index contributed by atoms with van der Waals surface area (Å²) in [6, 6.07) is 0.862. The monoisotopic (exact) mass is 222 g/mol. The summed E-state index contributed by atoms with van der Waals surface area (Å²) >= 11 is 0. The number of fused-ring (bicyclic) bond motifs is 2. The van der Waals surface area contributed by atoms with E-state index in [9.17, 15) is 0 Å². The van der Waals surface area contributed by atoms with E-state index in [2.05, 4.69) is 24.1 Å². The van der Waals surface area contributed by atoms with E-state index in [1.54, 1.807) is 0 Å². The van der Waals surface area contributed by atoms with Crippen molar-refractivity contribution in [2.75, 3.05) is 19.6 Å². The van der Waals surface area contributed by atoms with E-state index in [1.165, 1.54) is 58.2 Å². The molecule has 0 amide bonds. The lowest BCUT2D eigenvalue weighted by molar-refractivity contribution is 0.104. The normalized spacial score (nSPS) is 42.8. The highest BCUT2D eigenvalue weighted by Gasteiger charge is 2.45. The van der Waals surface area contributed by atoms with Gasteiger partial charge in [0.1, 0.15) is 0 Å². The van der Waals surface area contributed by atoms with Crippen LogP contribution < -0.4 is 5.32 Å². The van der Waals surface area contributed by atoms with Crippen molar-refractivity contribution < 1.29 is 0 Å². The van der Waals surface area contributed by atoms with Crippen LogP contribution in [0.25, 0.3) is 0 Å². The molecule has 0 unspecified atom stereocenters. The molecule has 3 aliphatic heterocycles. The standard InChI is InChI=1S/C14H26N2/c1-13(2)7-9-16(10-8-13)11-14-5-3-12(15-14)4-6-14/h12,15H,3-11H2,1-2H3. The largest absolute Gasteiger partial charge is 0.307 e. The molecule has 3 rings (SSSR count). The number of nitrogens with one attached hydrogen (secondary N) is 1. The van der Waals surface area contributed by atoms with Gasteiger partial charge >= 0.3 is 0 Å². The van der Waals surface area contributed by atoms with Gasteiger partial charge in [-0.15, -0.1) is 0 Å². The van der Waals surface area contributed by atoms with Gasteiger partial charge in [0.05, 0.1) is 0 Å². The van der Waals surface area contributed by atoms with Crippen molar-refractivity contribution in [3.8, 4) is 0 Å². The molecular formula is C14H26N2. The fourth-order valence-corrected chi connectivity index (χ4v) is 3.84. The summed E-state index contributed by atoms with van der Waals surface area (Å²) in [5.74, 6) is 0. The van der Waals surface area contributed by atoms with Gasteiger partial charge in [-0.25, -0.2) is 0 Å². The number of likely N-dealkylation sites (tertiary alicyclic amines) is 1. The second kappa shape index (κ2) is 3.71. The summed E-state index contributed by atoms with van der Waals surface area (Å²) in [4.78, 5) is 2.71. The predicted molar refractivity (Wildman–Crippen MR) is 67.6 cm³/mol. The van der Waals surface area contributed by atoms with E-state index >= 15 is 0 Å². The molecule has 0 saturated carbocycles. The second-order valence-corrected chi connectivity index (χ2v) is 7.14. The average molecular weight is 222 g/mol. The molecular weight excluding hydrogens is 196 g/mol. The lowest BCUT2D eigenvalue weighted by Gasteiger charge is -2.41. The summed E-state index contributed by atoms with van der Waals surface area (Å²) < 4.78 is 0. The molecule has 3 aliphatic rings. The van der Waals surface area contributed by atoms with Crippen LogP contribution in [0.4, 0.5) is 0 Å². The van der Waals surface area contributed by atoms with Crippen LogP contribution in [0.2, 0.25) is 0 Å². The molecule has 0 aliphatic carbocycles. The van der Waals surface area contributed by atoms with Crippen molar-refractivity contribution in [2.45, 2.75) is 64.0 Å². The van der Waals surface area contributed by atoms with E-state index in [4.69, 9.17) is 0 Å². The Bertz CT molecular complexity index is 254. The fourth-order valence-electron chi connectivity index (χ4n) is 3.84. The highest BCUT2D eigenvalue weighted by molar-refractivity contribution is 5.06. The first-order chi connectivity index (χ1) is 7.57. The maximum atomic E-state index is 3.87. The summed E-state index contributed by atoms with van der Waals surface area (Å²) in [7, 11) is 0. The first-order valence-corrected chi connectivity index (χ1v) is 7.07. The quantitative estimate of drug-likeness (QED) is 0.772. The second-order valence-electron chi connectivity index (χ2n) is 7.14. The van der Waals surface area contributed by atoms with Gasteiger partial charge in [0.2, 0.25) is 0 Å². The maximum absolute atomic E-state index is 3.87. The molecule has 0 aromatic rings. The van der Waals surface area contributed by atoms with Gasteiger partial charge in [-0.2, -0.15) is 0 Å². The van der Waals surface area contributed by atoms with Gasteiger partial charge in [-0.1, -0.05) is 13.8 Å². The summed E-state index contributed by atoms with van der Waals surface area (Å²) in [6.07, 6.45) is 8.48. The van der Waals surface area contributed by atoms with Crippen molar-refractivity contribution in [1.29, 1.82) is 0 Å². The molecule has 2 heteroatoms. The summed E-state index contributed by atoms with van der Waals surface area (Å²) in [6.45, 7) is 8.80. The van der Waals surface area contributed by atoms with E-state index in [0.717, 1.165) is 6.04 Å². The first kappa shape index (κ1) is 11.0. The van der Waals surface area contributed by atoms with Crippen LogP contribution in [-0.4, -0.2) is 36.1 Å². The molecule has 0 spiro atoms. The zero-order valence-corrected chi connectivity index (χ0v) is 10.9. The number of nitrogens with zero attached hydrogens (tertiary/aromatic N) is 1. The van der Waals surface area contributed by atoms with Gasteiger partial charge in [-0.05, 0) is 57.0 Å². The number of hydrogen-bond acceptors (Lipinski definition) is 2. The third-order valence-corrected chi connectivity index (χ3v) is 5.19. The Labute approximate surface area is 99.8 Å². The van der Waals surface area contributed by atoms with Gasteiger partial charge in [0.15, 0.2) is 0 Å². The summed E-state index contributed by atoms with van der Waals surface area (Å²) in [5, 5.41) is 3.87. The lowest BCUT2D eigenvalue weighted by Crippen LogP contribution is -2.50. The molecule has 2 bridgehead atoms. The third-order valence-electron chi connectivity index (χ3n) is 5.19. The maximum Gasteiger partial charge on any atom is 0.0312 e. The fraction of sp³-hybridized carbons (Fsp3) is 1.00. The smallest absolute Gasteiger partial charge is 0.0312 e. The zero-order valence-electron chi connectivity index (χ0n) is 10.9. The van der Waals surface area contributed by atoms with Crippen LogP contribution in [0, 0.1) is 5.41 Å². The number of piperidine rings is 1. The molecule has 0 atom stereocenters. The Morgan fingerprint density at radius 3 is 2.19 bits per heavy atom. The minimum absolute atomic E-state index is 0.520. The Morgan fingerprint density at radius 1 is 1.06 bits per heavy atom. The Kier molecular flexibility index (Phi) is 2.56. The van der Waals surface area contributed by atoms with Crippen molar-refractivity contribution >= 4 is 0 Å². The Hall–Kier alpha value is -0.0800. The molecule has 3 saturated heterocycles. The van der Waals surface area contributed by atoms with E-state index in [-0.39, 0.29) is 0 Å². The van der Waals surface area contributed by atoms with Crippen molar-refractivity contribution in [3.05, 3.63) is 0 Å². The molecule has 0 aromatic heterocycles. The van der Waals surface area contributed by atoms with Crippen LogP contribution in [0.15, 0.2) is 0 Å². The van der Waals surface area contributed by atoms with Crippen LogP contribution in [0.1, 0.15) is 52.4 Å². The van der Waals surface area contributed by atoms with Gasteiger partial charge in [0.25, 0.3) is 0 Å². The van der Waals surface area contributed by atoms with E-state index in [1.807, 2.05) is 0 Å². The van der Waals surface area contributed by atoms with Crippen LogP contribution >= 0.6 is 0 Å². The number of hydrogen-bond donors (Lipinski definition) is 1. The van der Waals surface area contributed by atoms with Crippen LogP contribution in [0.3, 0.4) is 0 Å². The van der Waals surface area contributed by atoms with Crippen molar-refractivity contribution in [2.24, 2.45) is 5.41 Å². The minimum atomic E-state index is 0.520. The first-order valence-electron chi connectivity index (χ1n) is 7.07. The SMILES string of the molecule is CC1(C)CCN(CC23CCC(CC2)N3)CC1. The van der Waals surface area contributed by atoms with E-state index < -0.39 is 0 Å². The minimum Gasteiger partial charge on any atom is -0.307 e. The average Bonchev–Trinajstić information content (AvgIpc) is 2.81. The molecule has 2 nitrogen and oxygen atoms in total. The van der Waals surface area contributed by atoms with Crippen molar-refractivity contribution in [1.82, 2.24) is 10.2 Å². The van der Waals surface area contributed by atoms with Crippen LogP contribution in [0.5, 0.6) is 0 Å². The number of rotatable bonds is 2. The Morgan fingerprint density at radius 2 is 1.69 bits per heavy atom. The zero-order chi connectivity index (χ0) is 11.2. The van der Waals surface area contributed by atoms with Crippen LogP contribution in [-0.2, 0) is 0 Å². The highest BCUT2D eigenvalue weighted by atomic mass is 15.2. The molecule has 16 heavy (non-hydrogen) atoms. The van der Waals surface area contributed by atoms with Gasteiger partial charge in [0, 0.05) is 18.1 Å². The lowest BCUT2D eigenvalue weighted by atomic mass is 9.81. The Balaban J connectivity index is 1.56. The molecule has 3 fully saturated rings. The molecule has 92 valence electrons. The molecule has 0 radical (unpaired) electrons. The molecule has 3 heterocycles. The highest BCUT2D eigenvalue weighted by Crippen LogP contribution is 2.39. The summed E-state index contributed by atoms with van der Waals surface area (Å²) in [5.41, 5.74) is 1.11. The van der Waals surface area contributed by atoms with Gasteiger partial charge < -0.3 is 10.2 Å².